The predicted octanol–water partition coefficient (Wildman–Crippen LogP) is 5.94. The zero-order chi connectivity index (χ0) is 23.9. The number of methoxy groups -OCH3 is 1. The van der Waals surface area contributed by atoms with Gasteiger partial charge < -0.3 is 19.2 Å². The summed E-state index contributed by atoms with van der Waals surface area (Å²) in [6.07, 6.45) is -0.602. The molecule has 8 nitrogen and oxygen atoms in total. The number of nitrogens with zero attached hydrogens (tertiary/aromatic N) is 1. The molecule has 0 saturated carbocycles. The lowest BCUT2D eigenvalue weighted by molar-refractivity contribution is 0.0997. The molecule has 10 heteroatoms. The van der Waals surface area contributed by atoms with Crippen LogP contribution in [0.25, 0.3) is 11.0 Å². The number of hydrogen-bond acceptors (Lipinski definition) is 8. The molecule has 0 spiro atoms. The van der Waals surface area contributed by atoms with Gasteiger partial charge in [0.1, 0.15) is 16.5 Å². The maximum atomic E-state index is 13.2. The highest BCUT2D eigenvalue weighted by atomic mass is 32.2. The smallest absolute Gasteiger partial charge is 0.411 e. The van der Waals surface area contributed by atoms with Crippen LogP contribution in [0.4, 0.5) is 16.2 Å². The highest BCUT2D eigenvalue weighted by Gasteiger charge is 2.21. The third-order valence-corrected chi connectivity index (χ3v) is 6.90. The Balaban J connectivity index is 1.50. The van der Waals surface area contributed by atoms with Crippen LogP contribution in [0.3, 0.4) is 0 Å². The van der Waals surface area contributed by atoms with E-state index in [1.54, 1.807) is 47.4 Å². The first-order valence-electron chi connectivity index (χ1n) is 10.4. The first kappa shape index (κ1) is 23.8. The minimum atomic E-state index is -0.602. The highest BCUT2D eigenvalue weighted by Crippen LogP contribution is 2.33. The maximum absolute atomic E-state index is 13.2. The van der Waals surface area contributed by atoms with E-state index in [0.29, 0.717) is 29.3 Å². The summed E-state index contributed by atoms with van der Waals surface area (Å²) < 4.78 is 16.7. The Morgan fingerprint density at radius 1 is 1.09 bits per heavy atom. The fourth-order valence-corrected chi connectivity index (χ4v) is 5.07. The number of thioether (sulfide) groups is 1. The molecule has 0 aliphatic heterocycles. The van der Waals surface area contributed by atoms with Crippen molar-refractivity contribution in [2.24, 2.45) is 0 Å². The summed E-state index contributed by atoms with van der Waals surface area (Å²) in [5.41, 5.74) is 3.42. The SMILES string of the molecule is COCCOC(=O)Nc1cccc(NC(=O)c2oc3ccccc3c2CSc2nc(C)cs2)c1. The Hall–Kier alpha value is -3.34. The largest absolute Gasteiger partial charge is 0.451 e. The van der Waals surface area contributed by atoms with E-state index in [2.05, 4.69) is 15.6 Å². The van der Waals surface area contributed by atoms with E-state index in [9.17, 15) is 9.59 Å². The Bertz CT molecular complexity index is 1300. The molecule has 2 aromatic heterocycles. The van der Waals surface area contributed by atoms with Gasteiger partial charge in [0.25, 0.3) is 5.91 Å². The number of nitrogens with one attached hydrogen (secondary N) is 2. The van der Waals surface area contributed by atoms with E-state index in [1.165, 1.54) is 7.11 Å². The van der Waals surface area contributed by atoms with Gasteiger partial charge in [0.05, 0.1) is 6.61 Å². The molecule has 0 bridgehead atoms. The number of furan rings is 1. The first-order chi connectivity index (χ1) is 16.5. The zero-order valence-electron chi connectivity index (χ0n) is 18.6. The number of carbonyl (C=O) groups is 2. The fraction of sp³-hybridized carbons (Fsp3) is 0.208. The molecule has 0 saturated heterocycles. The van der Waals surface area contributed by atoms with Crippen molar-refractivity contribution >= 4 is 57.4 Å². The number of carbonyl (C=O) groups excluding carboxylic acids is 2. The number of amides is 2. The molecule has 34 heavy (non-hydrogen) atoms. The predicted molar refractivity (Wildman–Crippen MR) is 134 cm³/mol. The van der Waals surface area contributed by atoms with Crippen molar-refractivity contribution in [1.29, 1.82) is 0 Å². The molecule has 4 rings (SSSR count). The number of aromatic nitrogens is 1. The van der Waals surface area contributed by atoms with Crippen molar-refractivity contribution in [3.63, 3.8) is 0 Å². The Morgan fingerprint density at radius 2 is 1.88 bits per heavy atom. The third-order valence-electron chi connectivity index (χ3n) is 4.73. The second-order valence-electron chi connectivity index (χ2n) is 7.24. The summed E-state index contributed by atoms with van der Waals surface area (Å²) in [5, 5.41) is 8.38. The number of hydrogen-bond donors (Lipinski definition) is 2. The first-order valence-corrected chi connectivity index (χ1v) is 12.3. The molecule has 0 fully saturated rings. The molecule has 4 aromatic rings. The number of fused-ring (bicyclic) bond motifs is 1. The molecule has 2 heterocycles. The molecular formula is C24H23N3O5S2. The van der Waals surface area contributed by atoms with Crippen LogP contribution < -0.4 is 10.6 Å². The van der Waals surface area contributed by atoms with Gasteiger partial charge in [-0.1, -0.05) is 36.0 Å². The van der Waals surface area contributed by atoms with Crippen LogP contribution in [0.5, 0.6) is 0 Å². The monoisotopic (exact) mass is 497 g/mol. The Kier molecular flexibility index (Phi) is 7.84. The topological polar surface area (TPSA) is 103 Å². The van der Waals surface area contributed by atoms with E-state index in [1.807, 2.05) is 36.6 Å². The van der Waals surface area contributed by atoms with E-state index in [0.717, 1.165) is 21.0 Å². The van der Waals surface area contributed by atoms with Crippen molar-refractivity contribution in [3.05, 3.63) is 70.9 Å². The third kappa shape index (κ3) is 5.96. The second kappa shape index (κ2) is 11.2. The van der Waals surface area contributed by atoms with Gasteiger partial charge in [-0.2, -0.15) is 0 Å². The summed E-state index contributed by atoms with van der Waals surface area (Å²) in [6, 6.07) is 14.4. The van der Waals surface area contributed by atoms with Gasteiger partial charge in [0, 0.05) is 46.3 Å². The van der Waals surface area contributed by atoms with Crippen molar-refractivity contribution in [1.82, 2.24) is 4.98 Å². The second-order valence-corrected chi connectivity index (χ2v) is 9.32. The molecule has 0 aliphatic rings. The molecule has 0 aliphatic carbocycles. The quantitative estimate of drug-likeness (QED) is 0.218. The number of thiazole rings is 1. The minimum absolute atomic E-state index is 0.145. The maximum Gasteiger partial charge on any atom is 0.411 e. The number of para-hydroxylation sites is 1. The van der Waals surface area contributed by atoms with Gasteiger partial charge in [-0.05, 0) is 31.2 Å². The lowest BCUT2D eigenvalue weighted by atomic mass is 10.1. The summed E-state index contributed by atoms with van der Waals surface area (Å²) in [6.45, 7) is 2.41. The average molecular weight is 498 g/mol. The molecule has 2 N–H and O–H groups in total. The van der Waals surface area contributed by atoms with Crippen molar-refractivity contribution in [2.75, 3.05) is 31.0 Å². The molecule has 0 atom stereocenters. The summed E-state index contributed by atoms with van der Waals surface area (Å²) in [5.74, 6) is 0.419. The molecule has 0 unspecified atom stereocenters. The fourth-order valence-electron chi connectivity index (χ4n) is 3.19. The van der Waals surface area contributed by atoms with Gasteiger partial charge >= 0.3 is 6.09 Å². The van der Waals surface area contributed by atoms with Gasteiger partial charge in [0.15, 0.2) is 5.76 Å². The van der Waals surface area contributed by atoms with Crippen LogP contribution in [0.2, 0.25) is 0 Å². The molecule has 176 valence electrons. The standard InChI is InChI=1S/C24H23N3O5S2/c1-15-13-33-24(25-15)34-14-19-18-8-3-4-9-20(18)32-21(19)22(28)26-16-6-5-7-17(12-16)27-23(29)31-11-10-30-2/h3-9,12-13H,10-11,14H2,1-2H3,(H,26,28)(H,27,29). The summed E-state index contributed by atoms with van der Waals surface area (Å²) >= 11 is 3.14. The lowest BCUT2D eigenvalue weighted by Crippen LogP contribution is -2.17. The van der Waals surface area contributed by atoms with Gasteiger partial charge in [-0.15, -0.1) is 11.3 Å². The minimum Gasteiger partial charge on any atom is -0.451 e. The van der Waals surface area contributed by atoms with E-state index >= 15 is 0 Å². The van der Waals surface area contributed by atoms with Crippen LogP contribution in [-0.2, 0) is 15.2 Å². The van der Waals surface area contributed by atoms with Crippen molar-refractivity contribution < 1.29 is 23.5 Å². The lowest BCUT2D eigenvalue weighted by Gasteiger charge is -2.09. The number of ether oxygens (including phenoxy) is 2. The van der Waals surface area contributed by atoms with Crippen LogP contribution in [0, 0.1) is 6.92 Å². The number of aryl methyl sites for hydroxylation is 1. The number of benzene rings is 2. The van der Waals surface area contributed by atoms with E-state index in [4.69, 9.17) is 13.9 Å². The average Bonchev–Trinajstić information content (AvgIpc) is 3.41. The summed E-state index contributed by atoms with van der Waals surface area (Å²) in [4.78, 5) is 29.5. The van der Waals surface area contributed by atoms with Crippen LogP contribution >= 0.6 is 23.1 Å². The highest BCUT2D eigenvalue weighted by molar-refractivity contribution is 8.00. The van der Waals surface area contributed by atoms with Crippen LogP contribution in [0.1, 0.15) is 21.8 Å². The van der Waals surface area contributed by atoms with E-state index < -0.39 is 6.09 Å². The molecule has 2 amide bonds. The molecular weight excluding hydrogens is 474 g/mol. The zero-order valence-corrected chi connectivity index (χ0v) is 20.3. The van der Waals surface area contributed by atoms with Crippen molar-refractivity contribution in [3.8, 4) is 0 Å². The van der Waals surface area contributed by atoms with Gasteiger partial charge in [-0.3, -0.25) is 10.1 Å². The van der Waals surface area contributed by atoms with Crippen LogP contribution in [0.15, 0.2) is 62.7 Å². The Morgan fingerprint density at radius 3 is 2.65 bits per heavy atom. The normalized spacial score (nSPS) is 10.9. The van der Waals surface area contributed by atoms with Gasteiger partial charge in [-0.25, -0.2) is 9.78 Å². The molecule has 2 aromatic carbocycles. The summed E-state index contributed by atoms with van der Waals surface area (Å²) in [7, 11) is 1.53. The van der Waals surface area contributed by atoms with E-state index in [-0.39, 0.29) is 18.3 Å². The number of anilines is 2. The molecule has 0 radical (unpaired) electrons. The van der Waals surface area contributed by atoms with Crippen molar-refractivity contribution in [2.45, 2.75) is 17.0 Å². The number of rotatable bonds is 9. The van der Waals surface area contributed by atoms with Gasteiger partial charge in [0.2, 0.25) is 0 Å². The Labute approximate surface area is 204 Å². The van der Waals surface area contributed by atoms with Crippen LogP contribution in [-0.4, -0.2) is 37.3 Å².